The Balaban J connectivity index is 1.79. The van der Waals surface area contributed by atoms with E-state index in [4.69, 9.17) is 16.4 Å². The molecule has 0 unspecified atom stereocenters. The molecule has 2 atom stereocenters. The summed E-state index contributed by atoms with van der Waals surface area (Å²) in [4.78, 5) is 21.0. The largest absolute Gasteiger partial charge is 0.368 e. The molecule has 4 nitrogen and oxygen atoms in total. The topological polar surface area (TPSA) is 51.5 Å². The Morgan fingerprint density at radius 3 is 2.81 bits per heavy atom. The first kappa shape index (κ1) is 14.5. The molecule has 112 valence electrons. The van der Waals surface area contributed by atoms with Crippen molar-refractivity contribution in [2.24, 2.45) is 21.9 Å². The lowest BCUT2D eigenvalue weighted by molar-refractivity contribution is 0.0508. The first-order valence-electron chi connectivity index (χ1n) is 7.25. The van der Waals surface area contributed by atoms with Crippen molar-refractivity contribution in [2.45, 2.75) is 40.0 Å². The van der Waals surface area contributed by atoms with Crippen LogP contribution in [0.2, 0.25) is 5.15 Å². The third-order valence-electron chi connectivity index (χ3n) is 5.73. The van der Waals surface area contributed by atoms with Gasteiger partial charge in [0.25, 0.3) is 0 Å². The Morgan fingerprint density at radius 1 is 1.48 bits per heavy atom. The van der Waals surface area contributed by atoms with Gasteiger partial charge in [0.15, 0.2) is 0 Å². The number of carbonyl (C=O) groups is 1. The van der Waals surface area contributed by atoms with Gasteiger partial charge in [-0.1, -0.05) is 37.5 Å². The Hall–Kier alpha value is -1.42. The number of rotatable bonds is 2. The second kappa shape index (κ2) is 4.80. The Labute approximate surface area is 129 Å². The predicted octanol–water partition coefficient (Wildman–Crippen LogP) is 4.09. The van der Waals surface area contributed by atoms with E-state index in [1.807, 2.05) is 0 Å². The summed E-state index contributed by atoms with van der Waals surface area (Å²) < 4.78 is 0. The van der Waals surface area contributed by atoms with E-state index in [1.165, 1.54) is 12.6 Å². The van der Waals surface area contributed by atoms with Gasteiger partial charge in [-0.15, -0.1) is 0 Å². The molecule has 5 heteroatoms. The van der Waals surface area contributed by atoms with Crippen molar-refractivity contribution >= 4 is 23.3 Å². The van der Waals surface area contributed by atoms with Gasteiger partial charge in [-0.25, -0.2) is 9.78 Å². The normalized spacial score (nSPS) is 31.6. The third kappa shape index (κ3) is 2.08. The van der Waals surface area contributed by atoms with Gasteiger partial charge in [-0.05, 0) is 42.7 Å². The van der Waals surface area contributed by atoms with Crippen molar-refractivity contribution in [1.82, 2.24) is 4.98 Å². The molecule has 2 bridgehead atoms. The van der Waals surface area contributed by atoms with Gasteiger partial charge in [-0.2, -0.15) is 0 Å². The SMILES string of the molecule is CC1(C)[C@H]2CC[C@@]1(C)/C(=N\OC(=O)c1cccnc1Cl)C2. The molecule has 21 heavy (non-hydrogen) atoms. The molecule has 0 radical (unpaired) electrons. The quantitative estimate of drug-likeness (QED) is 0.470. The van der Waals surface area contributed by atoms with E-state index in [1.54, 1.807) is 12.1 Å². The highest BCUT2D eigenvalue weighted by Gasteiger charge is 2.60. The number of fused-ring (bicyclic) bond motifs is 2. The van der Waals surface area contributed by atoms with Crippen molar-refractivity contribution in [3.05, 3.63) is 29.0 Å². The Morgan fingerprint density at radius 2 is 2.24 bits per heavy atom. The lowest BCUT2D eigenvalue weighted by atomic mass is 9.70. The van der Waals surface area contributed by atoms with Crippen molar-refractivity contribution in [1.29, 1.82) is 0 Å². The van der Waals surface area contributed by atoms with E-state index in [9.17, 15) is 4.79 Å². The number of hydrogen-bond donors (Lipinski definition) is 0. The number of nitrogens with zero attached hydrogens (tertiary/aromatic N) is 2. The molecule has 2 saturated carbocycles. The fourth-order valence-corrected chi connectivity index (χ4v) is 3.95. The Kier molecular flexibility index (Phi) is 3.32. The summed E-state index contributed by atoms with van der Waals surface area (Å²) in [7, 11) is 0. The molecule has 0 amide bonds. The smallest absolute Gasteiger partial charge is 0.313 e. The summed E-state index contributed by atoms with van der Waals surface area (Å²) in [6, 6.07) is 3.24. The van der Waals surface area contributed by atoms with Crippen molar-refractivity contribution in [3.63, 3.8) is 0 Å². The van der Waals surface area contributed by atoms with Gasteiger partial charge in [0.05, 0.1) is 11.3 Å². The van der Waals surface area contributed by atoms with E-state index in [2.05, 4.69) is 30.9 Å². The first-order chi connectivity index (χ1) is 9.86. The molecule has 2 aliphatic carbocycles. The molecule has 0 N–H and O–H groups in total. The van der Waals surface area contributed by atoms with Crippen LogP contribution in [0.4, 0.5) is 0 Å². The van der Waals surface area contributed by atoms with Crippen LogP contribution < -0.4 is 0 Å². The number of halogens is 1. The van der Waals surface area contributed by atoms with Crippen LogP contribution >= 0.6 is 11.6 Å². The average Bonchev–Trinajstić information content (AvgIpc) is 2.78. The standard InChI is InChI=1S/C16H19ClN2O2/c1-15(2)10-6-7-16(15,3)12(9-10)19-21-14(20)11-5-4-8-18-13(11)17/h4-5,8,10H,6-7,9H2,1-3H3/b19-12-/t10-,16-/m0/s1. The van der Waals surface area contributed by atoms with E-state index in [0.717, 1.165) is 18.6 Å². The lowest BCUT2D eigenvalue weighted by Crippen LogP contribution is -2.32. The molecule has 2 fully saturated rings. The zero-order valence-corrected chi connectivity index (χ0v) is 13.3. The maximum absolute atomic E-state index is 12.0. The second-order valence-corrected chi connectivity index (χ2v) is 7.11. The summed E-state index contributed by atoms with van der Waals surface area (Å²) >= 11 is 5.89. The lowest BCUT2D eigenvalue weighted by Gasteiger charge is -2.34. The highest BCUT2D eigenvalue weighted by Crippen LogP contribution is 2.63. The van der Waals surface area contributed by atoms with E-state index in [-0.39, 0.29) is 21.5 Å². The van der Waals surface area contributed by atoms with Gasteiger partial charge in [0, 0.05) is 11.6 Å². The van der Waals surface area contributed by atoms with Crippen LogP contribution in [0, 0.1) is 16.7 Å². The van der Waals surface area contributed by atoms with Crippen molar-refractivity contribution in [2.75, 3.05) is 0 Å². The summed E-state index contributed by atoms with van der Waals surface area (Å²) in [5.41, 5.74) is 1.48. The zero-order chi connectivity index (χ0) is 15.3. The third-order valence-corrected chi connectivity index (χ3v) is 6.03. The van der Waals surface area contributed by atoms with Gasteiger partial charge in [0.1, 0.15) is 5.15 Å². The molecule has 1 aromatic rings. The summed E-state index contributed by atoms with van der Waals surface area (Å²) in [5, 5.41) is 4.31. The van der Waals surface area contributed by atoms with E-state index < -0.39 is 5.97 Å². The summed E-state index contributed by atoms with van der Waals surface area (Å²) in [6.45, 7) is 6.80. The Bertz CT molecular complexity index is 626. The second-order valence-electron chi connectivity index (χ2n) is 6.75. The number of hydrogen-bond acceptors (Lipinski definition) is 4. The predicted molar refractivity (Wildman–Crippen MR) is 81.3 cm³/mol. The van der Waals surface area contributed by atoms with Crippen LogP contribution in [-0.2, 0) is 4.84 Å². The minimum absolute atomic E-state index is 0.0245. The van der Waals surface area contributed by atoms with Crippen LogP contribution in [-0.4, -0.2) is 16.7 Å². The maximum Gasteiger partial charge on any atom is 0.368 e. The molecule has 0 aliphatic heterocycles. The van der Waals surface area contributed by atoms with Crippen molar-refractivity contribution in [3.8, 4) is 0 Å². The number of aromatic nitrogens is 1. The molecule has 2 aliphatic rings. The monoisotopic (exact) mass is 306 g/mol. The molecule has 0 saturated heterocycles. The minimum Gasteiger partial charge on any atom is -0.313 e. The minimum atomic E-state index is -0.551. The van der Waals surface area contributed by atoms with Crippen LogP contribution in [0.3, 0.4) is 0 Å². The van der Waals surface area contributed by atoms with Crippen LogP contribution in [0.5, 0.6) is 0 Å². The van der Waals surface area contributed by atoms with Crippen LogP contribution in [0.25, 0.3) is 0 Å². The van der Waals surface area contributed by atoms with Gasteiger partial charge < -0.3 is 4.84 Å². The van der Waals surface area contributed by atoms with Crippen LogP contribution in [0.15, 0.2) is 23.5 Å². The molecule has 1 heterocycles. The fourth-order valence-electron chi connectivity index (χ4n) is 3.75. The average molecular weight is 307 g/mol. The molecule has 0 spiro atoms. The molecular weight excluding hydrogens is 288 g/mol. The van der Waals surface area contributed by atoms with Crippen LogP contribution in [0.1, 0.15) is 50.4 Å². The fraction of sp³-hybridized carbons (Fsp3) is 0.562. The highest BCUT2D eigenvalue weighted by molar-refractivity contribution is 6.32. The van der Waals surface area contributed by atoms with Gasteiger partial charge in [0.2, 0.25) is 0 Å². The summed E-state index contributed by atoms with van der Waals surface area (Å²) in [5.74, 6) is 0.0757. The first-order valence-corrected chi connectivity index (χ1v) is 7.63. The number of oxime groups is 1. The van der Waals surface area contributed by atoms with E-state index >= 15 is 0 Å². The van der Waals surface area contributed by atoms with Gasteiger partial charge >= 0.3 is 5.97 Å². The van der Waals surface area contributed by atoms with E-state index in [0.29, 0.717) is 5.92 Å². The number of pyridine rings is 1. The maximum atomic E-state index is 12.0. The molecule has 1 aromatic heterocycles. The van der Waals surface area contributed by atoms with Gasteiger partial charge in [-0.3, -0.25) is 0 Å². The molecule has 0 aromatic carbocycles. The number of carbonyl (C=O) groups excluding carboxylic acids is 1. The zero-order valence-electron chi connectivity index (χ0n) is 12.5. The molecular formula is C16H19ClN2O2. The molecule has 3 rings (SSSR count). The highest BCUT2D eigenvalue weighted by atomic mass is 35.5. The van der Waals surface area contributed by atoms with Crippen molar-refractivity contribution < 1.29 is 9.63 Å². The summed E-state index contributed by atoms with van der Waals surface area (Å²) in [6.07, 6.45) is 4.78.